The van der Waals surface area contributed by atoms with Crippen molar-refractivity contribution in [2.24, 2.45) is 0 Å². The van der Waals surface area contributed by atoms with Crippen LogP contribution in [-0.2, 0) is 17.7 Å². The summed E-state index contributed by atoms with van der Waals surface area (Å²) in [6, 6.07) is 5.34. The average Bonchev–Trinajstić information content (AvgIpc) is 2.70. The summed E-state index contributed by atoms with van der Waals surface area (Å²) in [7, 11) is 0. The van der Waals surface area contributed by atoms with E-state index in [-0.39, 0.29) is 5.56 Å². The highest BCUT2D eigenvalue weighted by Gasteiger charge is 2.16. The lowest BCUT2D eigenvalue weighted by molar-refractivity contribution is 0.155. The molecular weight excluding hydrogens is 411 g/mol. The first-order valence-corrected chi connectivity index (χ1v) is 10.7. The van der Waals surface area contributed by atoms with Crippen molar-refractivity contribution in [1.82, 2.24) is 9.97 Å². The minimum absolute atomic E-state index is 0.205. The molecule has 0 saturated heterocycles. The molecule has 1 aromatic carbocycles. The Labute approximate surface area is 181 Å². The Bertz CT molecular complexity index is 883. The maximum absolute atomic E-state index is 12.7. The smallest absolute Gasteiger partial charge is 0.256 e. The standard InChI is InChI=1S/C21H28Cl2N4O2/c1-3-5-6-7-15-19(18(24)10-11-29-4-2)26-21(27-20(15)28)25-13-14-8-9-16(22)17(23)12-14/h8-9,12,24H,3-7,10-11,13H2,1-2H3,(H2,25,26,27,28). The molecule has 29 heavy (non-hydrogen) atoms. The predicted octanol–water partition coefficient (Wildman–Crippen LogP) is 5.22. The van der Waals surface area contributed by atoms with Crippen LogP contribution in [0.4, 0.5) is 5.95 Å². The van der Waals surface area contributed by atoms with Crippen LogP contribution in [-0.4, -0.2) is 28.9 Å². The Balaban J connectivity index is 2.22. The number of anilines is 1. The van der Waals surface area contributed by atoms with Crippen molar-refractivity contribution in [3.05, 3.63) is 55.4 Å². The van der Waals surface area contributed by atoms with Gasteiger partial charge in [-0.1, -0.05) is 49.0 Å². The fourth-order valence-corrected chi connectivity index (χ4v) is 3.21. The van der Waals surface area contributed by atoms with Gasteiger partial charge in [0.2, 0.25) is 5.95 Å². The zero-order chi connectivity index (χ0) is 21.2. The number of hydrogen-bond donors (Lipinski definition) is 3. The number of nitrogens with zero attached hydrogens (tertiary/aromatic N) is 1. The van der Waals surface area contributed by atoms with Gasteiger partial charge in [-0.15, -0.1) is 0 Å². The number of halogens is 2. The fraction of sp³-hybridized carbons (Fsp3) is 0.476. The summed E-state index contributed by atoms with van der Waals surface area (Å²) < 4.78 is 5.36. The summed E-state index contributed by atoms with van der Waals surface area (Å²) in [4.78, 5) is 20.0. The lowest BCUT2D eigenvalue weighted by atomic mass is 10.0. The number of benzene rings is 1. The number of ether oxygens (including phenoxy) is 1. The van der Waals surface area contributed by atoms with E-state index in [1.54, 1.807) is 12.1 Å². The molecular formula is C21H28Cl2N4O2. The molecule has 0 amide bonds. The molecule has 2 aromatic rings. The summed E-state index contributed by atoms with van der Waals surface area (Å²) in [6.07, 6.45) is 4.00. The number of rotatable bonds is 12. The van der Waals surface area contributed by atoms with E-state index in [1.165, 1.54) is 0 Å². The zero-order valence-corrected chi connectivity index (χ0v) is 18.4. The number of aromatic nitrogens is 2. The van der Waals surface area contributed by atoms with Crippen molar-refractivity contribution in [3.8, 4) is 0 Å². The molecule has 0 atom stereocenters. The van der Waals surface area contributed by atoms with Crippen LogP contribution in [0.5, 0.6) is 0 Å². The van der Waals surface area contributed by atoms with Gasteiger partial charge in [-0.05, 0) is 37.5 Å². The number of nitrogens with one attached hydrogen (secondary N) is 3. The first kappa shape index (κ1) is 23.4. The van der Waals surface area contributed by atoms with Crippen LogP contribution in [0.25, 0.3) is 0 Å². The monoisotopic (exact) mass is 438 g/mol. The SMILES string of the molecule is CCCCCc1c(C(=N)CCOCC)nc(NCc2ccc(Cl)c(Cl)c2)[nH]c1=O. The normalized spacial score (nSPS) is 10.9. The van der Waals surface area contributed by atoms with Gasteiger partial charge < -0.3 is 15.5 Å². The quantitative estimate of drug-likeness (QED) is 0.313. The highest BCUT2D eigenvalue weighted by atomic mass is 35.5. The zero-order valence-electron chi connectivity index (χ0n) is 16.9. The van der Waals surface area contributed by atoms with Crippen molar-refractivity contribution < 1.29 is 4.74 Å². The second-order valence-corrected chi connectivity index (χ2v) is 7.54. The number of H-pyrrole nitrogens is 1. The molecule has 158 valence electrons. The van der Waals surface area contributed by atoms with Crippen LogP contribution < -0.4 is 10.9 Å². The molecule has 0 aliphatic carbocycles. The van der Waals surface area contributed by atoms with Crippen molar-refractivity contribution in [2.75, 3.05) is 18.5 Å². The summed E-state index contributed by atoms with van der Waals surface area (Å²) in [6.45, 7) is 5.47. The van der Waals surface area contributed by atoms with E-state index in [9.17, 15) is 4.79 Å². The van der Waals surface area contributed by atoms with E-state index >= 15 is 0 Å². The topological polar surface area (TPSA) is 90.9 Å². The number of unbranched alkanes of at least 4 members (excludes halogenated alkanes) is 2. The van der Waals surface area contributed by atoms with Crippen molar-refractivity contribution in [3.63, 3.8) is 0 Å². The van der Waals surface area contributed by atoms with Gasteiger partial charge in [-0.3, -0.25) is 9.78 Å². The van der Waals surface area contributed by atoms with Crippen molar-refractivity contribution >= 4 is 34.9 Å². The van der Waals surface area contributed by atoms with Gasteiger partial charge in [0.05, 0.1) is 28.1 Å². The largest absolute Gasteiger partial charge is 0.381 e. The Kier molecular flexibility index (Phi) is 9.64. The molecule has 0 spiro atoms. The van der Waals surface area contributed by atoms with Crippen LogP contribution in [0, 0.1) is 5.41 Å². The first-order chi connectivity index (χ1) is 14.0. The van der Waals surface area contributed by atoms with Gasteiger partial charge in [0, 0.05) is 25.1 Å². The van der Waals surface area contributed by atoms with E-state index in [1.807, 2.05) is 13.0 Å². The lowest BCUT2D eigenvalue weighted by Gasteiger charge is -2.13. The number of aromatic amines is 1. The van der Waals surface area contributed by atoms with Gasteiger partial charge in [-0.2, -0.15) is 0 Å². The maximum Gasteiger partial charge on any atom is 0.256 e. The lowest BCUT2D eigenvalue weighted by Crippen LogP contribution is -2.23. The van der Waals surface area contributed by atoms with Crippen molar-refractivity contribution in [2.45, 2.75) is 52.5 Å². The van der Waals surface area contributed by atoms with Gasteiger partial charge in [0.15, 0.2) is 0 Å². The summed E-state index contributed by atoms with van der Waals surface area (Å²) in [5.41, 5.74) is 2.03. The molecule has 8 heteroatoms. The second kappa shape index (κ2) is 12.0. The highest BCUT2D eigenvalue weighted by molar-refractivity contribution is 6.42. The first-order valence-electron chi connectivity index (χ1n) is 9.92. The molecule has 0 aliphatic heterocycles. The van der Waals surface area contributed by atoms with Crippen LogP contribution in [0.1, 0.15) is 56.4 Å². The molecule has 0 unspecified atom stereocenters. The Morgan fingerprint density at radius 1 is 1.24 bits per heavy atom. The van der Waals surface area contributed by atoms with Crippen LogP contribution >= 0.6 is 23.2 Å². The molecule has 0 aliphatic rings. The fourth-order valence-electron chi connectivity index (χ4n) is 2.89. The van der Waals surface area contributed by atoms with E-state index < -0.39 is 0 Å². The van der Waals surface area contributed by atoms with Crippen molar-refractivity contribution in [1.29, 1.82) is 5.41 Å². The third-order valence-electron chi connectivity index (χ3n) is 4.48. The van der Waals surface area contributed by atoms with E-state index in [4.69, 9.17) is 33.3 Å². The summed E-state index contributed by atoms with van der Waals surface area (Å²) in [5, 5.41) is 12.5. The Hall–Kier alpha value is -1.89. The van der Waals surface area contributed by atoms with Crippen LogP contribution in [0.3, 0.4) is 0 Å². The molecule has 2 rings (SSSR count). The predicted molar refractivity (Wildman–Crippen MR) is 120 cm³/mol. The average molecular weight is 439 g/mol. The molecule has 1 aromatic heterocycles. The van der Waals surface area contributed by atoms with E-state index in [0.717, 1.165) is 24.8 Å². The van der Waals surface area contributed by atoms with Gasteiger partial charge in [0.1, 0.15) is 0 Å². The third-order valence-corrected chi connectivity index (χ3v) is 5.22. The Morgan fingerprint density at radius 3 is 2.72 bits per heavy atom. The molecule has 0 fully saturated rings. The third kappa shape index (κ3) is 7.14. The van der Waals surface area contributed by atoms with Crippen LogP contribution in [0.15, 0.2) is 23.0 Å². The van der Waals surface area contributed by atoms with Crippen LogP contribution in [0.2, 0.25) is 10.0 Å². The second-order valence-electron chi connectivity index (χ2n) is 6.73. The van der Waals surface area contributed by atoms with E-state index in [2.05, 4.69) is 22.2 Å². The van der Waals surface area contributed by atoms with Gasteiger partial charge in [-0.25, -0.2) is 4.98 Å². The number of hydrogen-bond acceptors (Lipinski definition) is 5. The molecule has 0 bridgehead atoms. The Morgan fingerprint density at radius 2 is 2.03 bits per heavy atom. The van der Waals surface area contributed by atoms with E-state index in [0.29, 0.717) is 65.6 Å². The van der Waals surface area contributed by atoms with Gasteiger partial charge >= 0.3 is 0 Å². The summed E-state index contributed by atoms with van der Waals surface area (Å²) >= 11 is 12.0. The molecule has 0 saturated carbocycles. The molecule has 6 nitrogen and oxygen atoms in total. The molecule has 3 N–H and O–H groups in total. The minimum Gasteiger partial charge on any atom is -0.381 e. The van der Waals surface area contributed by atoms with Gasteiger partial charge in [0.25, 0.3) is 5.56 Å². The summed E-state index contributed by atoms with van der Waals surface area (Å²) in [5.74, 6) is 0.330. The highest BCUT2D eigenvalue weighted by Crippen LogP contribution is 2.23. The molecule has 0 radical (unpaired) electrons. The minimum atomic E-state index is -0.205. The maximum atomic E-state index is 12.7. The molecule has 1 heterocycles.